The van der Waals surface area contributed by atoms with Crippen LogP contribution in [0.25, 0.3) is 16.2 Å². The number of hydrogen-bond acceptors (Lipinski definition) is 7. The van der Waals surface area contributed by atoms with Crippen LogP contribution in [-0.2, 0) is 6.42 Å². The molecule has 0 spiro atoms. The van der Waals surface area contributed by atoms with E-state index >= 15 is 0 Å². The van der Waals surface area contributed by atoms with Crippen molar-refractivity contribution in [1.29, 1.82) is 0 Å². The van der Waals surface area contributed by atoms with E-state index in [9.17, 15) is 4.79 Å². The predicted octanol–water partition coefficient (Wildman–Crippen LogP) is 1.50. The van der Waals surface area contributed by atoms with Gasteiger partial charge in [0.05, 0.1) is 6.10 Å². The van der Waals surface area contributed by atoms with Gasteiger partial charge in [-0.25, -0.2) is 0 Å². The third kappa shape index (κ3) is 3.22. The number of hydrogen-bond donors (Lipinski definition) is 1. The Morgan fingerprint density at radius 3 is 2.65 bits per heavy atom. The zero-order valence-corrected chi connectivity index (χ0v) is 13.7. The van der Waals surface area contributed by atoms with Crippen molar-refractivity contribution in [1.82, 2.24) is 19.8 Å². The molecule has 8 heteroatoms. The van der Waals surface area contributed by atoms with Crippen molar-refractivity contribution in [2.45, 2.75) is 26.4 Å². The highest BCUT2D eigenvalue weighted by Gasteiger charge is 2.13. The largest absolute Gasteiger partial charge is 0.491 e. The quantitative estimate of drug-likeness (QED) is 0.761. The molecule has 0 saturated carbocycles. The second kappa shape index (κ2) is 6.43. The molecule has 2 heterocycles. The molecular formula is C15H17N5O2S. The second-order valence-corrected chi connectivity index (χ2v) is 6.31. The minimum atomic E-state index is -0.285. The molecule has 0 unspecified atom stereocenters. The number of fused-ring (bicyclic) bond motifs is 1. The number of ether oxygens (including phenoxy) is 1. The molecule has 0 aliphatic carbocycles. The van der Waals surface area contributed by atoms with Crippen molar-refractivity contribution in [2.24, 2.45) is 5.73 Å². The fraction of sp³-hybridized carbons (Fsp3) is 0.333. The Morgan fingerprint density at radius 1 is 1.26 bits per heavy atom. The fourth-order valence-corrected chi connectivity index (χ4v) is 2.97. The van der Waals surface area contributed by atoms with E-state index < -0.39 is 0 Å². The van der Waals surface area contributed by atoms with Crippen molar-refractivity contribution in [3.63, 3.8) is 0 Å². The van der Waals surface area contributed by atoms with Gasteiger partial charge in [-0.1, -0.05) is 11.3 Å². The summed E-state index contributed by atoms with van der Waals surface area (Å²) in [6.45, 7) is 4.40. The number of benzene rings is 1. The van der Waals surface area contributed by atoms with E-state index in [1.165, 1.54) is 15.9 Å². The van der Waals surface area contributed by atoms with Gasteiger partial charge in [0.2, 0.25) is 4.96 Å². The summed E-state index contributed by atoms with van der Waals surface area (Å²) < 4.78 is 6.88. The van der Waals surface area contributed by atoms with E-state index in [1.807, 2.05) is 26.0 Å². The lowest BCUT2D eigenvalue weighted by Crippen LogP contribution is -2.19. The number of nitrogens with two attached hydrogens (primary N) is 1. The van der Waals surface area contributed by atoms with Gasteiger partial charge in [-0.3, -0.25) is 4.79 Å². The molecule has 120 valence electrons. The van der Waals surface area contributed by atoms with Crippen molar-refractivity contribution in [3.8, 4) is 17.0 Å². The molecule has 3 aromatic rings. The highest BCUT2D eigenvalue weighted by atomic mass is 32.1. The van der Waals surface area contributed by atoms with Gasteiger partial charge in [0.1, 0.15) is 10.8 Å². The van der Waals surface area contributed by atoms with Gasteiger partial charge in [-0.05, 0) is 44.7 Å². The van der Waals surface area contributed by atoms with Crippen LogP contribution in [0, 0.1) is 0 Å². The van der Waals surface area contributed by atoms with E-state index in [2.05, 4.69) is 15.3 Å². The third-order valence-electron chi connectivity index (χ3n) is 3.09. The van der Waals surface area contributed by atoms with Crippen LogP contribution in [0.4, 0.5) is 0 Å². The van der Waals surface area contributed by atoms with E-state index in [4.69, 9.17) is 10.5 Å². The van der Waals surface area contributed by atoms with Gasteiger partial charge in [0, 0.05) is 12.0 Å². The highest BCUT2D eigenvalue weighted by Crippen LogP contribution is 2.20. The first-order chi connectivity index (χ1) is 11.1. The van der Waals surface area contributed by atoms with Crippen LogP contribution in [0.5, 0.6) is 5.75 Å². The first-order valence-corrected chi connectivity index (χ1v) is 8.12. The average Bonchev–Trinajstić information content (AvgIpc) is 2.92. The van der Waals surface area contributed by atoms with Crippen LogP contribution in [-0.4, -0.2) is 32.5 Å². The van der Waals surface area contributed by atoms with E-state index in [-0.39, 0.29) is 17.4 Å². The van der Waals surface area contributed by atoms with E-state index in [1.54, 1.807) is 12.1 Å². The van der Waals surface area contributed by atoms with Gasteiger partial charge < -0.3 is 10.5 Å². The molecule has 0 aliphatic rings. The first-order valence-electron chi connectivity index (χ1n) is 7.31. The highest BCUT2D eigenvalue weighted by molar-refractivity contribution is 7.16. The summed E-state index contributed by atoms with van der Waals surface area (Å²) in [6.07, 6.45) is 0.711. The van der Waals surface area contributed by atoms with Gasteiger partial charge >= 0.3 is 5.56 Å². The molecule has 0 saturated heterocycles. The summed E-state index contributed by atoms with van der Waals surface area (Å²) in [6, 6.07) is 7.21. The Morgan fingerprint density at radius 2 is 2.00 bits per heavy atom. The van der Waals surface area contributed by atoms with Crippen LogP contribution in [0.3, 0.4) is 0 Å². The van der Waals surface area contributed by atoms with Gasteiger partial charge in [0.25, 0.3) is 0 Å². The topological polar surface area (TPSA) is 95.4 Å². The number of rotatable bonds is 5. The SMILES string of the molecule is CC(C)Oc1ccc(-c2nnc3sc(CCN)nn3c2=O)cc1. The maximum atomic E-state index is 12.6. The Bertz CT molecular complexity index is 870. The molecule has 23 heavy (non-hydrogen) atoms. The minimum Gasteiger partial charge on any atom is -0.491 e. The fourth-order valence-electron chi connectivity index (χ4n) is 2.12. The van der Waals surface area contributed by atoms with Crippen molar-refractivity contribution in [3.05, 3.63) is 39.6 Å². The molecule has 0 bridgehead atoms. The molecular weight excluding hydrogens is 314 g/mol. The third-order valence-corrected chi connectivity index (χ3v) is 4.05. The molecule has 2 N–H and O–H groups in total. The maximum Gasteiger partial charge on any atom is 0.302 e. The number of aromatic nitrogens is 4. The minimum absolute atomic E-state index is 0.0959. The van der Waals surface area contributed by atoms with Crippen LogP contribution >= 0.6 is 11.3 Å². The lowest BCUT2D eigenvalue weighted by Gasteiger charge is -2.09. The molecule has 3 rings (SSSR count). The van der Waals surface area contributed by atoms with E-state index in [0.29, 0.717) is 23.5 Å². The van der Waals surface area contributed by atoms with Gasteiger partial charge in [-0.15, -0.1) is 10.2 Å². The summed E-state index contributed by atoms with van der Waals surface area (Å²) in [5.74, 6) is 0.747. The van der Waals surface area contributed by atoms with Crippen molar-refractivity contribution >= 4 is 16.3 Å². The van der Waals surface area contributed by atoms with E-state index in [0.717, 1.165) is 10.8 Å². The maximum absolute atomic E-state index is 12.6. The Balaban J connectivity index is 1.99. The summed E-state index contributed by atoms with van der Waals surface area (Å²) >= 11 is 1.33. The Labute approximate surface area is 136 Å². The molecule has 1 aromatic carbocycles. The molecule has 0 fully saturated rings. The summed E-state index contributed by atoms with van der Waals surface area (Å²) in [7, 11) is 0. The summed E-state index contributed by atoms with van der Waals surface area (Å²) in [4.78, 5) is 13.0. The lowest BCUT2D eigenvalue weighted by molar-refractivity contribution is 0.242. The molecule has 0 aliphatic heterocycles. The van der Waals surface area contributed by atoms with Crippen LogP contribution in [0.1, 0.15) is 18.9 Å². The Kier molecular flexibility index (Phi) is 4.35. The average molecular weight is 331 g/mol. The van der Waals surface area contributed by atoms with Gasteiger partial charge in [0.15, 0.2) is 5.69 Å². The number of nitrogens with zero attached hydrogens (tertiary/aromatic N) is 4. The monoisotopic (exact) mass is 331 g/mol. The van der Waals surface area contributed by atoms with Crippen LogP contribution < -0.4 is 16.0 Å². The second-order valence-electron chi connectivity index (χ2n) is 5.27. The molecule has 7 nitrogen and oxygen atoms in total. The molecule has 2 aromatic heterocycles. The Hall–Kier alpha value is -2.32. The van der Waals surface area contributed by atoms with Crippen molar-refractivity contribution in [2.75, 3.05) is 6.54 Å². The van der Waals surface area contributed by atoms with Crippen LogP contribution in [0.15, 0.2) is 29.1 Å². The summed E-state index contributed by atoms with van der Waals surface area (Å²) in [5, 5.41) is 13.2. The lowest BCUT2D eigenvalue weighted by atomic mass is 10.1. The predicted molar refractivity (Wildman–Crippen MR) is 88.9 cm³/mol. The zero-order chi connectivity index (χ0) is 16.4. The first kappa shape index (κ1) is 15.6. The normalized spacial score (nSPS) is 11.3. The smallest absolute Gasteiger partial charge is 0.302 e. The van der Waals surface area contributed by atoms with Crippen molar-refractivity contribution < 1.29 is 4.74 Å². The molecule has 0 atom stereocenters. The van der Waals surface area contributed by atoms with Crippen LogP contribution in [0.2, 0.25) is 0 Å². The zero-order valence-electron chi connectivity index (χ0n) is 12.9. The summed E-state index contributed by atoms with van der Waals surface area (Å²) in [5.41, 5.74) is 6.18. The molecule has 0 radical (unpaired) electrons. The molecule has 0 amide bonds. The standard InChI is InChI=1S/C15H17N5O2S/c1-9(2)22-11-5-3-10(4-6-11)13-14(21)20-15(18-17-13)23-12(19-20)7-8-16/h3-6,9H,7-8,16H2,1-2H3. The van der Waals surface area contributed by atoms with Gasteiger partial charge in [-0.2, -0.15) is 9.61 Å².